The number of thiocarbonyl (C=S) groups is 1. The Kier molecular flexibility index (Phi) is 7.80. The minimum Gasteiger partial charge on any atom is -0.497 e. The smallest absolute Gasteiger partial charge is 0.321 e. The molecule has 0 aromatic heterocycles. The summed E-state index contributed by atoms with van der Waals surface area (Å²) in [5, 5.41) is 18.0. The number of ether oxygens (including phenoxy) is 1. The quantitative estimate of drug-likeness (QED) is 0.728. The Morgan fingerprint density at radius 3 is 2.39 bits per heavy atom. The number of fused-ring (bicyclic) bond motifs is 1. The van der Waals surface area contributed by atoms with E-state index < -0.39 is 11.2 Å². The van der Waals surface area contributed by atoms with Crippen molar-refractivity contribution in [3.05, 3.63) is 42.0 Å². The average Bonchev–Trinajstić information content (AvgIpc) is 2.52. The maximum atomic E-state index is 11.3. The van der Waals surface area contributed by atoms with Gasteiger partial charge in [-0.25, -0.2) is 0 Å². The van der Waals surface area contributed by atoms with Crippen molar-refractivity contribution in [2.75, 3.05) is 13.7 Å². The van der Waals surface area contributed by atoms with Crippen LogP contribution < -0.4 is 10.5 Å². The summed E-state index contributed by atoms with van der Waals surface area (Å²) in [5.74, 6) is -0.201. The van der Waals surface area contributed by atoms with Crippen molar-refractivity contribution in [3.8, 4) is 5.75 Å². The lowest BCUT2D eigenvalue weighted by Gasteiger charge is -2.12. The van der Waals surface area contributed by atoms with Crippen LogP contribution >= 0.6 is 24.0 Å². The van der Waals surface area contributed by atoms with E-state index in [1.54, 1.807) is 20.1 Å². The molecule has 0 fully saturated rings. The monoisotopic (exact) mass is 353 g/mol. The molecule has 1 atom stereocenters. The van der Waals surface area contributed by atoms with Crippen LogP contribution in [0.15, 0.2) is 36.4 Å². The molecule has 0 radical (unpaired) electrons. The second kappa shape index (κ2) is 9.34. The number of nitrogens with two attached hydrogens (primary N) is 1. The molecule has 23 heavy (non-hydrogen) atoms. The molecule has 0 aliphatic rings. The van der Waals surface area contributed by atoms with Gasteiger partial charge in [-0.05, 0) is 41.5 Å². The molecule has 0 heterocycles. The number of thioether (sulfide) groups is 1. The predicted molar refractivity (Wildman–Crippen MR) is 98.0 cm³/mol. The van der Waals surface area contributed by atoms with Crippen LogP contribution in [0.25, 0.3) is 10.8 Å². The lowest BCUT2D eigenvalue weighted by atomic mass is 10.0. The van der Waals surface area contributed by atoms with Crippen LogP contribution in [0.4, 0.5) is 0 Å². The Morgan fingerprint density at radius 2 is 1.87 bits per heavy atom. The number of rotatable bonds is 4. The van der Waals surface area contributed by atoms with E-state index in [1.165, 1.54) is 0 Å². The Bertz CT molecular complexity index is 691. The Morgan fingerprint density at radius 1 is 1.30 bits per heavy atom. The molecule has 0 spiro atoms. The first kappa shape index (κ1) is 19.2. The zero-order valence-corrected chi connectivity index (χ0v) is 14.5. The van der Waals surface area contributed by atoms with Gasteiger partial charge >= 0.3 is 5.97 Å². The summed E-state index contributed by atoms with van der Waals surface area (Å²) in [7, 11) is 1.61. The number of aliphatic hydroxyl groups excluding tert-OH is 1. The molecule has 1 unspecified atom stereocenters. The minimum atomic E-state index is -0.962. The molecule has 124 valence electrons. The number of carboxylic acid groups (broad SMARTS) is 1. The molecular formula is C16H19NO4S2. The minimum absolute atomic E-state index is 0.118. The van der Waals surface area contributed by atoms with E-state index in [1.807, 2.05) is 30.3 Å². The summed E-state index contributed by atoms with van der Waals surface area (Å²) in [6.45, 7) is 1.93. The molecule has 0 amide bonds. The van der Waals surface area contributed by atoms with Crippen LogP contribution in [0.3, 0.4) is 0 Å². The first-order valence-electron chi connectivity index (χ1n) is 6.80. The summed E-state index contributed by atoms with van der Waals surface area (Å²) in [4.78, 5) is 11.3. The molecule has 2 aromatic rings. The van der Waals surface area contributed by atoms with E-state index in [0.29, 0.717) is 5.56 Å². The number of aliphatic hydroxyl groups is 1. The highest BCUT2D eigenvalue weighted by atomic mass is 32.2. The van der Waals surface area contributed by atoms with Gasteiger partial charge in [-0.1, -0.05) is 42.2 Å². The fourth-order valence-corrected chi connectivity index (χ4v) is 2.81. The number of carbonyl (C=O) groups is 1. The molecule has 4 N–H and O–H groups in total. The van der Waals surface area contributed by atoms with Crippen molar-refractivity contribution in [1.29, 1.82) is 0 Å². The lowest BCUT2D eigenvalue weighted by Crippen LogP contribution is -2.13. The van der Waals surface area contributed by atoms with Crippen LogP contribution in [-0.2, 0) is 4.79 Å². The lowest BCUT2D eigenvalue weighted by molar-refractivity contribution is -0.136. The summed E-state index contributed by atoms with van der Waals surface area (Å²) < 4.78 is 5.28. The normalized spacial score (nSPS) is 11.3. The van der Waals surface area contributed by atoms with Gasteiger partial charge in [-0.3, -0.25) is 4.79 Å². The molecule has 0 aliphatic heterocycles. The summed E-state index contributed by atoms with van der Waals surface area (Å²) >= 11 is 5.74. The second-order valence-corrected chi connectivity index (χ2v) is 6.29. The standard InChI is InChI=1S/C14H13NO3S2.C2H6O/c1-18-11-5-4-8-6-10(3-2-9(8)7-11)12(13(16)17)20-14(15)19;1-2-3/h2-7,12H,1H3,(H2,15,19)(H,16,17);3H,2H2,1H3. The third-order valence-electron chi connectivity index (χ3n) is 2.83. The molecule has 0 saturated carbocycles. The first-order valence-corrected chi connectivity index (χ1v) is 8.09. The van der Waals surface area contributed by atoms with E-state index in [0.717, 1.165) is 28.3 Å². The molecule has 2 aromatic carbocycles. The highest BCUT2D eigenvalue weighted by Crippen LogP contribution is 2.32. The van der Waals surface area contributed by atoms with Gasteiger partial charge in [-0.15, -0.1) is 0 Å². The highest BCUT2D eigenvalue weighted by Gasteiger charge is 2.21. The molecule has 0 aliphatic carbocycles. The van der Waals surface area contributed by atoms with Gasteiger partial charge in [0.2, 0.25) is 0 Å². The molecule has 5 nitrogen and oxygen atoms in total. The van der Waals surface area contributed by atoms with Crippen molar-refractivity contribution in [1.82, 2.24) is 0 Å². The Balaban J connectivity index is 0.000000816. The number of hydrogen-bond acceptors (Lipinski definition) is 5. The van der Waals surface area contributed by atoms with Gasteiger partial charge in [0.05, 0.1) is 7.11 Å². The maximum absolute atomic E-state index is 11.3. The number of benzene rings is 2. The van der Waals surface area contributed by atoms with E-state index in [2.05, 4.69) is 0 Å². The number of hydrogen-bond donors (Lipinski definition) is 3. The van der Waals surface area contributed by atoms with Crippen LogP contribution in [0.2, 0.25) is 0 Å². The molecular weight excluding hydrogens is 334 g/mol. The van der Waals surface area contributed by atoms with Crippen LogP contribution in [0, 0.1) is 0 Å². The fraction of sp³-hybridized carbons (Fsp3) is 0.250. The second-order valence-electron chi connectivity index (χ2n) is 4.44. The number of methoxy groups -OCH3 is 1. The third kappa shape index (κ3) is 5.70. The zero-order chi connectivity index (χ0) is 17.4. The van der Waals surface area contributed by atoms with E-state index in [4.69, 9.17) is 27.8 Å². The van der Waals surface area contributed by atoms with Gasteiger partial charge < -0.3 is 20.7 Å². The van der Waals surface area contributed by atoms with Crippen molar-refractivity contribution in [2.24, 2.45) is 5.73 Å². The van der Waals surface area contributed by atoms with E-state index >= 15 is 0 Å². The highest BCUT2D eigenvalue weighted by molar-refractivity contribution is 8.23. The fourth-order valence-electron chi connectivity index (χ4n) is 1.91. The molecule has 0 bridgehead atoms. The van der Waals surface area contributed by atoms with Gasteiger partial charge in [0.25, 0.3) is 0 Å². The number of aliphatic carboxylic acids is 1. The van der Waals surface area contributed by atoms with Gasteiger partial charge in [0.1, 0.15) is 15.3 Å². The zero-order valence-electron chi connectivity index (χ0n) is 12.9. The maximum Gasteiger partial charge on any atom is 0.321 e. The molecule has 2 rings (SSSR count). The predicted octanol–water partition coefficient (Wildman–Crippen LogP) is 2.95. The van der Waals surface area contributed by atoms with Gasteiger partial charge in [0, 0.05) is 6.61 Å². The van der Waals surface area contributed by atoms with Crippen molar-refractivity contribution in [3.63, 3.8) is 0 Å². The summed E-state index contributed by atoms with van der Waals surface area (Å²) in [5.41, 5.74) is 6.09. The van der Waals surface area contributed by atoms with Crippen LogP contribution in [-0.4, -0.2) is 34.2 Å². The summed E-state index contributed by atoms with van der Waals surface area (Å²) in [6.07, 6.45) is 0. The van der Waals surface area contributed by atoms with Crippen molar-refractivity contribution >= 4 is 45.0 Å². The van der Waals surface area contributed by atoms with Gasteiger partial charge in [-0.2, -0.15) is 0 Å². The number of carboxylic acids is 1. The van der Waals surface area contributed by atoms with E-state index in [9.17, 15) is 9.90 Å². The first-order chi connectivity index (χ1) is 10.9. The summed E-state index contributed by atoms with van der Waals surface area (Å²) in [6, 6.07) is 11.1. The average molecular weight is 353 g/mol. The van der Waals surface area contributed by atoms with Crippen LogP contribution in [0.5, 0.6) is 5.75 Å². The SMILES string of the molecule is CCO.COc1ccc2cc(C(SC(N)=S)C(=O)O)ccc2c1. The van der Waals surface area contributed by atoms with E-state index in [-0.39, 0.29) is 10.9 Å². The largest absolute Gasteiger partial charge is 0.497 e. The van der Waals surface area contributed by atoms with Gasteiger partial charge in [0.15, 0.2) is 0 Å². The van der Waals surface area contributed by atoms with Crippen molar-refractivity contribution < 1.29 is 19.7 Å². The van der Waals surface area contributed by atoms with Crippen LogP contribution in [0.1, 0.15) is 17.7 Å². The topological polar surface area (TPSA) is 92.8 Å². The Labute approximate surface area is 144 Å². The van der Waals surface area contributed by atoms with Crippen molar-refractivity contribution in [2.45, 2.75) is 12.2 Å². The molecule has 0 saturated heterocycles. The third-order valence-corrected chi connectivity index (χ3v) is 4.06. The Hall–Kier alpha value is -1.83. The molecule has 7 heteroatoms.